The third-order valence-corrected chi connectivity index (χ3v) is 3.60. The molecule has 0 atom stereocenters. The molecule has 0 heterocycles. The molecule has 0 saturated heterocycles. The molecule has 1 aromatic carbocycles. The Morgan fingerprint density at radius 2 is 1.75 bits per heavy atom. The van der Waals surface area contributed by atoms with Gasteiger partial charge in [0.25, 0.3) is 0 Å². The number of unbranched alkanes of at least 4 members (excludes halogenated alkanes) is 2. The Bertz CT molecular complexity index is 371. The standard InChI is InChI=1S/C18H28.C2H6/c1-5-7-8-11-16(6-2)14-17-12-9-10-13-18(17)15(3)4;1-2/h6,9-10,12-13,15H,5,7-8,11,14H2,1-4H3;1-2H3. The van der Waals surface area contributed by atoms with Crippen molar-refractivity contribution in [1.82, 2.24) is 0 Å². The van der Waals surface area contributed by atoms with Gasteiger partial charge in [-0.3, -0.25) is 0 Å². The third kappa shape index (κ3) is 6.93. The van der Waals surface area contributed by atoms with Crippen LogP contribution in [-0.4, -0.2) is 0 Å². The van der Waals surface area contributed by atoms with Crippen LogP contribution in [-0.2, 0) is 6.42 Å². The van der Waals surface area contributed by atoms with E-state index in [1.807, 2.05) is 13.8 Å². The van der Waals surface area contributed by atoms with E-state index >= 15 is 0 Å². The molecule has 0 spiro atoms. The molecule has 1 rings (SSSR count). The largest absolute Gasteiger partial charge is 0.0881 e. The lowest BCUT2D eigenvalue weighted by atomic mass is 9.91. The molecule has 0 aromatic heterocycles. The summed E-state index contributed by atoms with van der Waals surface area (Å²) in [5, 5.41) is 0. The number of rotatable bonds is 7. The summed E-state index contributed by atoms with van der Waals surface area (Å²) in [6.45, 7) is 13.0. The van der Waals surface area contributed by atoms with E-state index in [4.69, 9.17) is 0 Å². The second kappa shape index (κ2) is 11.8. The highest BCUT2D eigenvalue weighted by atomic mass is 14.1. The Kier molecular flexibility index (Phi) is 11.1. The van der Waals surface area contributed by atoms with Crippen LogP contribution >= 0.6 is 0 Å². The van der Waals surface area contributed by atoms with Gasteiger partial charge in [0.05, 0.1) is 0 Å². The molecule has 0 N–H and O–H groups in total. The Hall–Kier alpha value is -1.04. The van der Waals surface area contributed by atoms with Gasteiger partial charge >= 0.3 is 0 Å². The van der Waals surface area contributed by atoms with Crippen LogP contribution in [0.5, 0.6) is 0 Å². The van der Waals surface area contributed by atoms with Gasteiger partial charge < -0.3 is 0 Å². The van der Waals surface area contributed by atoms with Crippen molar-refractivity contribution in [2.75, 3.05) is 0 Å². The van der Waals surface area contributed by atoms with Crippen molar-refractivity contribution in [2.45, 2.75) is 79.6 Å². The molecule has 0 radical (unpaired) electrons. The predicted molar refractivity (Wildman–Crippen MR) is 93.5 cm³/mol. The maximum Gasteiger partial charge on any atom is -0.00644 e. The van der Waals surface area contributed by atoms with Gasteiger partial charge in [0.15, 0.2) is 0 Å². The highest BCUT2D eigenvalue weighted by Gasteiger charge is 2.07. The number of hydrogen-bond donors (Lipinski definition) is 0. The fourth-order valence-corrected chi connectivity index (χ4v) is 2.44. The highest BCUT2D eigenvalue weighted by Crippen LogP contribution is 2.23. The Morgan fingerprint density at radius 3 is 2.30 bits per heavy atom. The molecule has 0 aliphatic heterocycles. The summed E-state index contributed by atoms with van der Waals surface area (Å²) in [7, 11) is 0. The molecule has 0 fully saturated rings. The number of hydrogen-bond acceptors (Lipinski definition) is 0. The predicted octanol–water partition coefficient (Wildman–Crippen LogP) is 6.91. The normalized spacial score (nSPS) is 11.2. The highest BCUT2D eigenvalue weighted by molar-refractivity contribution is 5.33. The van der Waals surface area contributed by atoms with Crippen LogP contribution in [0.2, 0.25) is 0 Å². The lowest BCUT2D eigenvalue weighted by Gasteiger charge is -2.14. The van der Waals surface area contributed by atoms with E-state index in [0.29, 0.717) is 5.92 Å². The Balaban J connectivity index is 0.00000172. The molecule has 0 amide bonds. The molecule has 0 nitrogen and oxygen atoms in total. The van der Waals surface area contributed by atoms with Crippen molar-refractivity contribution >= 4 is 0 Å². The molecular weight excluding hydrogens is 240 g/mol. The van der Waals surface area contributed by atoms with Gasteiger partial charge in [-0.15, -0.1) is 0 Å². The van der Waals surface area contributed by atoms with Crippen LogP contribution in [0.3, 0.4) is 0 Å². The average Bonchev–Trinajstić information content (AvgIpc) is 2.48. The molecule has 114 valence electrons. The topological polar surface area (TPSA) is 0 Å². The Labute approximate surface area is 127 Å². The van der Waals surface area contributed by atoms with Gasteiger partial charge in [-0.05, 0) is 43.2 Å². The molecule has 0 bridgehead atoms. The summed E-state index contributed by atoms with van der Waals surface area (Å²) in [6.07, 6.45) is 8.70. The third-order valence-electron chi connectivity index (χ3n) is 3.60. The summed E-state index contributed by atoms with van der Waals surface area (Å²) < 4.78 is 0. The van der Waals surface area contributed by atoms with Crippen molar-refractivity contribution in [3.8, 4) is 0 Å². The van der Waals surface area contributed by atoms with Crippen LogP contribution in [0.25, 0.3) is 0 Å². The Morgan fingerprint density at radius 1 is 1.10 bits per heavy atom. The minimum absolute atomic E-state index is 0.620. The van der Waals surface area contributed by atoms with Gasteiger partial charge in [-0.25, -0.2) is 0 Å². The van der Waals surface area contributed by atoms with Crippen molar-refractivity contribution in [3.63, 3.8) is 0 Å². The minimum atomic E-state index is 0.620. The van der Waals surface area contributed by atoms with E-state index in [2.05, 4.69) is 58.0 Å². The van der Waals surface area contributed by atoms with E-state index in [1.165, 1.54) is 36.8 Å². The van der Waals surface area contributed by atoms with Gasteiger partial charge in [0.1, 0.15) is 0 Å². The molecule has 0 aliphatic carbocycles. The number of allylic oxidation sites excluding steroid dienone is 2. The van der Waals surface area contributed by atoms with Crippen molar-refractivity contribution in [3.05, 3.63) is 47.0 Å². The van der Waals surface area contributed by atoms with Crippen molar-refractivity contribution in [2.24, 2.45) is 0 Å². The lowest BCUT2D eigenvalue weighted by molar-refractivity contribution is 0.702. The molecule has 0 unspecified atom stereocenters. The summed E-state index contributed by atoms with van der Waals surface area (Å²) in [5.74, 6) is 0.620. The maximum absolute atomic E-state index is 2.31. The molecule has 20 heavy (non-hydrogen) atoms. The van der Waals surface area contributed by atoms with Gasteiger partial charge in [0, 0.05) is 0 Å². The van der Waals surface area contributed by atoms with E-state index in [0.717, 1.165) is 6.42 Å². The van der Waals surface area contributed by atoms with Crippen LogP contribution in [0, 0.1) is 0 Å². The average molecular weight is 274 g/mol. The zero-order valence-corrected chi connectivity index (χ0v) is 14.5. The molecular formula is C20H34. The lowest BCUT2D eigenvalue weighted by Crippen LogP contribution is -1.98. The number of benzene rings is 1. The first-order valence-electron chi connectivity index (χ1n) is 8.40. The van der Waals surface area contributed by atoms with Crippen molar-refractivity contribution < 1.29 is 0 Å². The van der Waals surface area contributed by atoms with Gasteiger partial charge in [-0.1, -0.05) is 83.4 Å². The second-order valence-corrected chi connectivity index (χ2v) is 5.43. The van der Waals surface area contributed by atoms with Crippen molar-refractivity contribution in [1.29, 1.82) is 0 Å². The van der Waals surface area contributed by atoms with E-state index in [1.54, 1.807) is 5.57 Å². The zero-order chi connectivity index (χ0) is 15.4. The summed E-state index contributed by atoms with van der Waals surface area (Å²) in [5.41, 5.74) is 4.61. The van der Waals surface area contributed by atoms with E-state index in [9.17, 15) is 0 Å². The van der Waals surface area contributed by atoms with Gasteiger partial charge in [0.2, 0.25) is 0 Å². The quantitative estimate of drug-likeness (QED) is 0.374. The molecule has 0 aliphatic rings. The fraction of sp³-hybridized carbons (Fsp3) is 0.600. The second-order valence-electron chi connectivity index (χ2n) is 5.43. The van der Waals surface area contributed by atoms with E-state index < -0.39 is 0 Å². The first kappa shape index (κ1) is 19.0. The fourth-order valence-electron chi connectivity index (χ4n) is 2.44. The minimum Gasteiger partial charge on any atom is -0.0881 e. The zero-order valence-electron chi connectivity index (χ0n) is 14.5. The smallest absolute Gasteiger partial charge is 0.00644 e. The monoisotopic (exact) mass is 274 g/mol. The maximum atomic E-state index is 2.31. The molecule has 0 heteroatoms. The summed E-state index contributed by atoms with van der Waals surface area (Å²) in [4.78, 5) is 0. The molecule has 1 aromatic rings. The van der Waals surface area contributed by atoms with Crippen LogP contribution in [0.15, 0.2) is 35.9 Å². The van der Waals surface area contributed by atoms with Gasteiger partial charge in [-0.2, -0.15) is 0 Å². The summed E-state index contributed by atoms with van der Waals surface area (Å²) in [6, 6.07) is 8.89. The SMILES string of the molecule is CC.CC=C(CCCCC)Cc1ccccc1C(C)C. The summed E-state index contributed by atoms with van der Waals surface area (Å²) >= 11 is 0. The first-order chi connectivity index (χ1) is 9.69. The van der Waals surface area contributed by atoms with Crippen LogP contribution < -0.4 is 0 Å². The first-order valence-corrected chi connectivity index (χ1v) is 8.40. The molecule has 0 saturated carbocycles. The van der Waals surface area contributed by atoms with Crippen LogP contribution in [0.4, 0.5) is 0 Å². The van der Waals surface area contributed by atoms with E-state index in [-0.39, 0.29) is 0 Å². The van der Waals surface area contributed by atoms with Crippen LogP contribution in [0.1, 0.15) is 84.3 Å².